The number of halogens is 6. The molecule has 130 valence electrons. The predicted octanol–water partition coefficient (Wildman–Crippen LogP) is 1.65. The fourth-order valence-corrected chi connectivity index (χ4v) is 2.36. The second-order valence-corrected chi connectivity index (χ2v) is 5.38. The van der Waals surface area contributed by atoms with Crippen molar-refractivity contribution in [1.82, 2.24) is 10.2 Å². The first-order valence-corrected chi connectivity index (χ1v) is 6.35. The van der Waals surface area contributed by atoms with Gasteiger partial charge in [-0.2, -0.15) is 26.3 Å². The number of carboxylic acids is 1. The van der Waals surface area contributed by atoms with Crippen LogP contribution >= 0.6 is 0 Å². The Labute approximate surface area is 124 Å². The van der Waals surface area contributed by atoms with E-state index in [4.69, 9.17) is 5.11 Å². The topological polar surface area (TPSA) is 86.7 Å². The lowest BCUT2D eigenvalue weighted by molar-refractivity contribution is -0.290. The van der Waals surface area contributed by atoms with E-state index < -0.39 is 46.7 Å². The highest BCUT2D eigenvalue weighted by Gasteiger charge is 2.81. The van der Waals surface area contributed by atoms with E-state index in [0.717, 1.165) is 0 Å². The minimum atomic E-state index is -6.17. The number of carboxylic acid groups (broad SMARTS) is 1. The van der Waals surface area contributed by atoms with Crippen LogP contribution in [0.4, 0.5) is 31.1 Å². The second-order valence-electron chi connectivity index (χ2n) is 5.38. The molecule has 0 spiro atoms. The van der Waals surface area contributed by atoms with E-state index in [0.29, 0.717) is 18.2 Å². The van der Waals surface area contributed by atoms with Gasteiger partial charge < -0.3 is 10.4 Å². The minimum Gasteiger partial charge on any atom is -0.480 e. The molecule has 1 heterocycles. The van der Waals surface area contributed by atoms with Crippen LogP contribution in [0.15, 0.2) is 0 Å². The summed E-state index contributed by atoms with van der Waals surface area (Å²) in [5.41, 5.74) is -5.13. The molecular formula is C11H10F6N2O4. The van der Waals surface area contributed by atoms with Crippen LogP contribution in [0.3, 0.4) is 0 Å². The Morgan fingerprint density at radius 3 is 2.00 bits per heavy atom. The highest BCUT2D eigenvalue weighted by Crippen LogP contribution is 2.47. The van der Waals surface area contributed by atoms with Crippen molar-refractivity contribution in [3.8, 4) is 0 Å². The van der Waals surface area contributed by atoms with Crippen LogP contribution in [0.5, 0.6) is 0 Å². The number of amides is 3. The number of hydrogen-bond donors (Lipinski definition) is 2. The van der Waals surface area contributed by atoms with Gasteiger partial charge in [0.15, 0.2) is 0 Å². The van der Waals surface area contributed by atoms with Crippen LogP contribution in [0.2, 0.25) is 0 Å². The fourth-order valence-electron chi connectivity index (χ4n) is 2.36. The summed E-state index contributed by atoms with van der Waals surface area (Å²) in [6, 6.07) is -4.11. The molecule has 6 nitrogen and oxygen atoms in total. The quantitative estimate of drug-likeness (QED) is 0.598. The molecule has 1 aliphatic heterocycles. The van der Waals surface area contributed by atoms with E-state index in [9.17, 15) is 40.7 Å². The molecule has 0 unspecified atom stereocenters. The molecule has 0 bridgehead atoms. The Bertz CT molecular complexity index is 540. The van der Waals surface area contributed by atoms with Crippen molar-refractivity contribution < 1.29 is 45.8 Å². The maximum atomic E-state index is 12.9. The lowest BCUT2D eigenvalue weighted by Gasteiger charge is -2.31. The predicted molar refractivity (Wildman–Crippen MR) is 59.0 cm³/mol. The molecule has 12 heteroatoms. The van der Waals surface area contributed by atoms with Gasteiger partial charge in [0.2, 0.25) is 0 Å². The van der Waals surface area contributed by atoms with E-state index in [1.165, 1.54) is 0 Å². The Morgan fingerprint density at radius 2 is 1.70 bits per heavy atom. The van der Waals surface area contributed by atoms with Gasteiger partial charge in [-0.25, -0.2) is 14.5 Å². The average molecular weight is 348 g/mol. The molecule has 0 aromatic carbocycles. The number of nitrogens with zero attached hydrogens (tertiary/aromatic N) is 1. The molecule has 1 aliphatic carbocycles. The molecule has 3 amide bonds. The van der Waals surface area contributed by atoms with E-state index in [1.807, 2.05) is 0 Å². The number of hydrogen-bond acceptors (Lipinski definition) is 3. The number of urea groups is 1. The van der Waals surface area contributed by atoms with Crippen molar-refractivity contribution in [3.63, 3.8) is 0 Å². The van der Waals surface area contributed by atoms with Crippen molar-refractivity contribution in [3.05, 3.63) is 0 Å². The van der Waals surface area contributed by atoms with Crippen LogP contribution in [-0.2, 0) is 9.59 Å². The van der Waals surface area contributed by atoms with Gasteiger partial charge in [0, 0.05) is 0 Å². The molecule has 2 N–H and O–H groups in total. The van der Waals surface area contributed by atoms with Crippen LogP contribution < -0.4 is 5.32 Å². The summed E-state index contributed by atoms with van der Waals surface area (Å²) < 4.78 is 77.5. The van der Waals surface area contributed by atoms with Gasteiger partial charge in [0.05, 0.1) is 0 Å². The summed E-state index contributed by atoms with van der Waals surface area (Å²) in [4.78, 5) is 34.0. The van der Waals surface area contributed by atoms with E-state index >= 15 is 0 Å². The first-order valence-electron chi connectivity index (χ1n) is 6.35. The molecule has 23 heavy (non-hydrogen) atoms. The van der Waals surface area contributed by atoms with Gasteiger partial charge in [0.1, 0.15) is 6.04 Å². The molecule has 2 fully saturated rings. The number of carbonyl (C=O) groups is 3. The molecule has 2 aliphatic rings. The molecule has 0 aromatic heterocycles. The van der Waals surface area contributed by atoms with Crippen LogP contribution in [0, 0.1) is 5.92 Å². The lowest BCUT2D eigenvalue weighted by atomic mass is 9.97. The van der Waals surface area contributed by atoms with Crippen LogP contribution in [0.25, 0.3) is 0 Å². The normalized spacial score (nSPS) is 23.0. The SMILES string of the molecule is O=C(O)[C@H](CC1CC1)N1C(=O)NC(C(F)(F)F)(C(F)(F)F)C1=O. The monoisotopic (exact) mass is 348 g/mol. The summed E-state index contributed by atoms with van der Waals surface area (Å²) in [6.07, 6.45) is -11.7. The number of aliphatic carboxylic acids is 1. The maximum absolute atomic E-state index is 12.9. The Hall–Kier alpha value is -2.01. The Morgan fingerprint density at radius 1 is 1.22 bits per heavy atom. The second kappa shape index (κ2) is 4.99. The molecule has 0 aromatic rings. The van der Waals surface area contributed by atoms with E-state index in [1.54, 1.807) is 0 Å². The standard InChI is InChI=1S/C11H10F6N2O4/c12-10(13,14)9(11(15,16)17)7(22)19(8(23)18-9)5(6(20)21)3-4-1-2-4/h4-5H,1-3H2,(H,18,23)(H,20,21)/t5-/m0/s1. The lowest BCUT2D eigenvalue weighted by Crippen LogP contribution is -2.68. The fraction of sp³-hybridized carbons (Fsp3) is 0.727. The Kier molecular flexibility index (Phi) is 3.77. The maximum Gasteiger partial charge on any atom is 0.429 e. The molecule has 2 rings (SSSR count). The highest BCUT2D eigenvalue weighted by atomic mass is 19.4. The van der Waals surface area contributed by atoms with Crippen molar-refractivity contribution in [2.45, 2.75) is 43.2 Å². The zero-order valence-corrected chi connectivity index (χ0v) is 11.2. The largest absolute Gasteiger partial charge is 0.480 e. The Balaban J connectivity index is 2.46. The van der Waals surface area contributed by atoms with Gasteiger partial charge in [-0.1, -0.05) is 12.8 Å². The number of rotatable bonds is 4. The van der Waals surface area contributed by atoms with Gasteiger partial charge >= 0.3 is 29.9 Å². The van der Waals surface area contributed by atoms with Crippen molar-refractivity contribution >= 4 is 17.9 Å². The number of alkyl halides is 6. The van der Waals surface area contributed by atoms with Gasteiger partial charge in [-0.3, -0.25) is 4.79 Å². The summed E-state index contributed by atoms with van der Waals surface area (Å²) in [6.45, 7) is 0. The minimum absolute atomic E-state index is 0.261. The zero-order valence-electron chi connectivity index (χ0n) is 11.2. The van der Waals surface area contributed by atoms with Crippen LogP contribution in [-0.4, -0.2) is 51.8 Å². The third-order valence-electron chi connectivity index (χ3n) is 3.75. The van der Waals surface area contributed by atoms with Gasteiger partial charge in [0.25, 0.3) is 5.91 Å². The number of nitrogens with one attached hydrogen (secondary N) is 1. The number of imide groups is 1. The van der Waals surface area contributed by atoms with Crippen molar-refractivity contribution in [2.75, 3.05) is 0 Å². The van der Waals surface area contributed by atoms with Crippen molar-refractivity contribution in [1.29, 1.82) is 0 Å². The van der Waals surface area contributed by atoms with Crippen LogP contribution in [0.1, 0.15) is 19.3 Å². The van der Waals surface area contributed by atoms with Gasteiger partial charge in [-0.05, 0) is 12.3 Å². The van der Waals surface area contributed by atoms with E-state index in [-0.39, 0.29) is 12.3 Å². The summed E-state index contributed by atoms with van der Waals surface area (Å²) >= 11 is 0. The summed E-state index contributed by atoms with van der Waals surface area (Å²) in [5, 5.41) is 9.59. The molecule has 1 atom stereocenters. The number of carbonyl (C=O) groups excluding carboxylic acids is 2. The molecule has 0 radical (unpaired) electrons. The zero-order chi connectivity index (χ0) is 17.8. The van der Waals surface area contributed by atoms with Crippen molar-refractivity contribution in [2.24, 2.45) is 5.92 Å². The third kappa shape index (κ3) is 2.59. The van der Waals surface area contributed by atoms with Gasteiger partial charge in [-0.15, -0.1) is 0 Å². The molecule has 1 saturated heterocycles. The highest BCUT2D eigenvalue weighted by molar-refractivity contribution is 6.10. The molecule has 1 saturated carbocycles. The first-order chi connectivity index (χ1) is 10.3. The third-order valence-corrected chi connectivity index (χ3v) is 3.75. The summed E-state index contributed by atoms with van der Waals surface area (Å²) in [5.74, 6) is -4.78. The molecular weight excluding hydrogens is 338 g/mol. The smallest absolute Gasteiger partial charge is 0.429 e. The average Bonchev–Trinajstić information content (AvgIpc) is 3.10. The first kappa shape index (κ1) is 17.3. The van der Waals surface area contributed by atoms with E-state index in [2.05, 4.69) is 0 Å². The summed E-state index contributed by atoms with van der Waals surface area (Å²) in [7, 11) is 0.